The summed E-state index contributed by atoms with van der Waals surface area (Å²) in [4.78, 5) is 41.2. The second-order valence-electron chi connectivity index (χ2n) is 7.96. The van der Waals surface area contributed by atoms with Crippen LogP contribution >= 0.6 is 0 Å². The van der Waals surface area contributed by atoms with E-state index in [4.69, 9.17) is 4.74 Å². The van der Waals surface area contributed by atoms with E-state index in [1.165, 1.54) is 4.90 Å². The van der Waals surface area contributed by atoms with E-state index in [1.807, 2.05) is 24.3 Å². The Bertz CT molecular complexity index is 955. The minimum Gasteiger partial charge on any atom is -0.376 e. The third-order valence-corrected chi connectivity index (χ3v) is 6.09. The number of ether oxygens (including phenoxy) is 1. The fourth-order valence-electron chi connectivity index (χ4n) is 4.43. The van der Waals surface area contributed by atoms with Crippen molar-refractivity contribution in [3.63, 3.8) is 0 Å². The Morgan fingerprint density at radius 2 is 1.83 bits per heavy atom. The van der Waals surface area contributed by atoms with Crippen LogP contribution < -0.4 is 10.2 Å². The maximum Gasteiger partial charge on any atom is 0.332 e. The molecular formula is C23H23N3O4. The van der Waals surface area contributed by atoms with E-state index in [-0.39, 0.29) is 23.9 Å². The molecule has 2 aromatic rings. The van der Waals surface area contributed by atoms with Crippen molar-refractivity contribution in [2.75, 3.05) is 18.1 Å². The summed E-state index contributed by atoms with van der Waals surface area (Å²) >= 11 is 0. The van der Waals surface area contributed by atoms with Gasteiger partial charge in [-0.2, -0.15) is 0 Å². The Kier molecular flexibility index (Phi) is 4.75. The van der Waals surface area contributed by atoms with Crippen LogP contribution in [0.15, 0.2) is 48.5 Å². The Labute approximate surface area is 174 Å². The zero-order chi connectivity index (χ0) is 20.7. The van der Waals surface area contributed by atoms with Crippen LogP contribution in [0.5, 0.6) is 0 Å². The first-order valence-corrected chi connectivity index (χ1v) is 10.3. The topological polar surface area (TPSA) is 79.0 Å². The fourth-order valence-corrected chi connectivity index (χ4v) is 4.43. The lowest BCUT2D eigenvalue weighted by molar-refractivity contribution is -0.120. The van der Waals surface area contributed by atoms with Crippen molar-refractivity contribution in [3.05, 3.63) is 65.2 Å². The first-order chi connectivity index (χ1) is 14.6. The minimum absolute atomic E-state index is 0.0783. The summed E-state index contributed by atoms with van der Waals surface area (Å²) in [7, 11) is 0. The Morgan fingerprint density at radius 1 is 1.07 bits per heavy atom. The van der Waals surface area contributed by atoms with Gasteiger partial charge in [0.25, 0.3) is 11.8 Å². The first kappa shape index (κ1) is 18.8. The second kappa shape index (κ2) is 7.57. The zero-order valence-electron chi connectivity index (χ0n) is 16.5. The van der Waals surface area contributed by atoms with Gasteiger partial charge in [0.05, 0.1) is 11.8 Å². The van der Waals surface area contributed by atoms with Crippen LogP contribution in [0.3, 0.4) is 0 Å². The van der Waals surface area contributed by atoms with Crippen molar-refractivity contribution in [3.8, 4) is 0 Å². The van der Waals surface area contributed by atoms with Gasteiger partial charge in [-0.05, 0) is 48.2 Å². The third-order valence-electron chi connectivity index (χ3n) is 6.09. The first-order valence-electron chi connectivity index (χ1n) is 10.3. The molecule has 2 atom stereocenters. The SMILES string of the molecule is O=C(NCC1CCCO1)c1ccc(N2C(=O)[C@@H]3Cc4ccccc4CN3C2=O)cc1. The Morgan fingerprint density at radius 3 is 2.57 bits per heavy atom. The number of hydrogen-bond acceptors (Lipinski definition) is 4. The van der Waals surface area contributed by atoms with Crippen LogP contribution in [0.25, 0.3) is 0 Å². The van der Waals surface area contributed by atoms with Crippen molar-refractivity contribution in [2.24, 2.45) is 0 Å². The molecule has 1 N–H and O–H groups in total. The van der Waals surface area contributed by atoms with Gasteiger partial charge < -0.3 is 15.0 Å². The molecule has 0 aromatic heterocycles. The van der Waals surface area contributed by atoms with Gasteiger partial charge in [-0.15, -0.1) is 0 Å². The molecule has 2 fully saturated rings. The van der Waals surface area contributed by atoms with Crippen LogP contribution in [0, 0.1) is 0 Å². The van der Waals surface area contributed by atoms with E-state index in [9.17, 15) is 14.4 Å². The lowest BCUT2D eigenvalue weighted by Crippen LogP contribution is -2.39. The molecule has 0 bridgehead atoms. The highest BCUT2D eigenvalue weighted by molar-refractivity contribution is 6.21. The quantitative estimate of drug-likeness (QED) is 0.793. The van der Waals surface area contributed by atoms with Gasteiger partial charge in [0.2, 0.25) is 0 Å². The van der Waals surface area contributed by atoms with Crippen molar-refractivity contribution >= 4 is 23.5 Å². The van der Waals surface area contributed by atoms with E-state index in [0.29, 0.717) is 30.8 Å². The van der Waals surface area contributed by atoms with E-state index < -0.39 is 6.04 Å². The molecule has 7 nitrogen and oxygen atoms in total. The van der Waals surface area contributed by atoms with E-state index in [1.54, 1.807) is 29.2 Å². The molecule has 7 heteroatoms. The minimum atomic E-state index is -0.471. The van der Waals surface area contributed by atoms with E-state index >= 15 is 0 Å². The predicted molar refractivity (Wildman–Crippen MR) is 110 cm³/mol. The van der Waals surface area contributed by atoms with Gasteiger partial charge >= 0.3 is 6.03 Å². The fraction of sp³-hybridized carbons (Fsp3) is 0.348. The van der Waals surface area contributed by atoms with Crippen LogP contribution in [0.4, 0.5) is 10.5 Å². The van der Waals surface area contributed by atoms with Crippen LogP contribution in [0.1, 0.15) is 34.3 Å². The summed E-state index contributed by atoms with van der Waals surface area (Å²) in [5, 5.41) is 2.88. The van der Waals surface area contributed by atoms with Gasteiger partial charge in [-0.1, -0.05) is 24.3 Å². The molecule has 2 aromatic carbocycles. The largest absolute Gasteiger partial charge is 0.376 e. The van der Waals surface area contributed by atoms with Gasteiger partial charge in [0, 0.05) is 31.7 Å². The van der Waals surface area contributed by atoms with Crippen LogP contribution in [-0.4, -0.2) is 48.0 Å². The predicted octanol–water partition coefficient (Wildman–Crippen LogP) is 2.49. The summed E-state index contributed by atoms with van der Waals surface area (Å²) in [6.07, 6.45) is 2.59. The number of nitrogens with zero attached hydrogens (tertiary/aromatic N) is 2. The van der Waals surface area contributed by atoms with E-state index in [2.05, 4.69) is 5.32 Å². The zero-order valence-corrected chi connectivity index (χ0v) is 16.5. The molecule has 154 valence electrons. The molecule has 30 heavy (non-hydrogen) atoms. The third kappa shape index (κ3) is 3.25. The van der Waals surface area contributed by atoms with Crippen molar-refractivity contribution in [1.82, 2.24) is 10.2 Å². The van der Waals surface area contributed by atoms with Crippen molar-refractivity contribution in [1.29, 1.82) is 0 Å². The number of rotatable bonds is 4. The number of hydrogen-bond donors (Lipinski definition) is 1. The monoisotopic (exact) mass is 405 g/mol. The molecule has 3 aliphatic rings. The van der Waals surface area contributed by atoms with Gasteiger partial charge in [0.1, 0.15) is 6.04 Å². The summed E-state index contributed by atoms with van der Waals surface area (Å²) in [6.45, 7) is 1.67. The number of carbonyl (C=O) groups excluding carboxylic acids is 3. The average molecular weight is 405 g/mol. The Hall–Kier alpha value is -3.19. The molecule has 0 radical (unpaired) electrons. The highest BCUT2D eigenvalue weighted by Crippen LogP contribution is 2.32. The van der Waals surface area contributed by atoms with Gasteiger partial charge in [-0.25, -0.2) is 9.69 Å². The van der Waals surface area contributed by atoms with Gasteiger partial charge in [-0.3, -0.25) is 9.59 Å². The second-order valence-corrected chi connectivity index (χ2v) is 7.96. The average Bonchev–Trinajstić information content (AvgIpc) is 3.38. The summed E-state index contributed by atoms with van der Waals surface area (Å²) in [5.74, 6) is -0.408. The number of amides is 4. The standard InChI is InChI=1S/C23H23N3O4/c27-21(24-13-19-6-3-11-30-19)15-7-9-18(10-8-15)26-22(28)20-12-16-4-1-2-5-17(16)14-25(20)23(26)29/h1-2,4-5,7-10,19-20H,3,6,11-14H2,(H,24,27)/t19?,20-/m0/s1. The lowest BCUT2D eigenvalue weighted by atomic mass is 9.95. The molecule has 5 rings (SSSR count). The summed E-state index contributed by atoms with van der Waals surface area (Å²) < 4.78 is 5.52. The highest BCUT2D eigenvalue weighted by atomic mass is 16.5. The highest BCUT2D eigenvalue weighted by Gasteiger charge is 2.47. The Balaban J connectivity index is 1.29. The van der Waals surface area contributed by atoms with Crippen molar-refractivity contribution in [2.45, 2.75) is 38.0 Å². The molecule has 3 heterocycles. The normalized spacial score (nSPS) is 22.8. The number of anilines is 1. The number of urea groups is 1. The van der Waals surface area contributed by atoms with Crippen LogP contribution in [0.2, 0.25) is 0 Å². The number of nitrogens with one attached hydrogen (secondary N) is 1. The number of imide groups is 1. The molecule has 0 saturated carbocycles. The molecule has 2 saturated heterocycles. The maximum absolute atomic E-state index is 13.0. The summed E-state index contributed by atoms with van der Waals surface area (Å²) in [5.41, 5.74) is 3.16. The van der Waals surface area contributed by atoms with Crippen LogP contribution in [-0.2, 0) is 22.5 Å². The number of benzene rings is 2. The lowest BCUT2D eigenvalue weighted by Gasteiger charge is -2.28. The summed E-state index contributed by atoms with van der Waals surface area (Å²) in [6, 6.07) is 13.7. The smallest absolute Gasteiger partial charge is 0.332 e. The number of carbonyl (C=O) groups is 3. The molecule has 4 amide bonds. The maximum atomic E-state index is 13.0. The molecule has 3 aliphatic heterocycles. The van der Waals surface area contributed by atoms with Gasteiger partial charge in [0.15, 0.2) is 0 Å². The van der Waals surface area contributed by atoms with Crippen molar-refractivity contribution < 1.29 is 19.1 Å². The van der Waals surface area contributed by atoms with E-state index in [0.717, 1.165) is 30.6 Å². The molecule has 0 aliphatic carbocycles. The number of fused-ring (bicyclic) bond motifs is 2. The molecule has 0 spiro atoms. The molecular weight excluding hydrogens is 382 g/mol. The molecule has 1 unspecified atom stereocenters.